The van der Waals surface area contributed by atoms with Crippen LogP contribution in [0, 0.1) is 6.92 Å². The van der Waals surface area contributed by atoms with Crippen LogP contribution in [0.5, 0.6) is 0 Å². The van der Waals surface area contributed by atoms with Crippen LogP contribution in [0.3, 0.4) is 0 Å². The Balaban J connectivity index is 2.33. The van der Waals surface area contributed by atoms with E-state index in [0.29, 0.717) is 15.7 Å². The first-order chi connectivity index (χ1) is 8.88. The normalized spacial score (nSPS) is 11.3. The first kappa shape index (κ1) is 14.2. The number of rotatable bonds is 3. The van der Waals surface area contributed by atoms with Crippen molar-refractivity contribution in [2.75, 3.05) is 4.72 Å². The molecule has 0 aliphatic heterocycles. The summed E-state index contributed by atoms with van der Waals surface area (Å²) < 4.78 is 26.7. The third-order valence-corrected chi connectivity index (χ3v) is 4.44. The van der Waals surface area contributed by atoms with Gasteiger partial charge in [0.05, 0.1) is 15.6 Å². The molecule has 2 aromatic carbocycles. The maximum absolute atomic E-state index is 12.1. The van der Waals surface area contributed by atoms with Gasteiger partial charge in [-0.15, -0.1) is 0 Å². The van der Waals surface area contributed by atoms with E-state index >= 15 is 0 Å². The molecule has 0 aliphatic carbocycles. The minimum Gasteiger partial charge on any atom is -0.278 e. The SMILES string of the molecule is Cc1ccc(NS(=O)(=O)c2ccc(Cl)cc2)c(Cl)c1. The third kappa shape index (κ3) is 3.41. The Bertz CT molecular complexity index is 697. The van der Waals surface area contributed by atoms with Crippen molar-refractivity contribution in [1.82, 2.24) is 0 Å². The number of nitrogens with one attached hydrogen (secondary N) is 1. The molecule has 0 bridgehead atoms. The summed E-state index contributed by atoms with van der Waals surface area (Å²) in [5.74, 6) is 0. The van der Waals surface area contributed by atoms with Gasteiger partial charge < -0.3 is 0 Å². The minimum atomic E-state index is -3.66. The van der Waals surface area contributed by atoms with Crippen molar-refractivity contribution in [3.05, 3.63) is 58.1 Å². The summed E-state index contributed by atoms with van der Waals surface area (Å²) in [6.07, 6.45) is 0. The molecule has 0 saturated heterocycles. The fourth-order valence-corrected chi connectivity index (χ4v) is 3.06. The molecule has 1 N–H and O–H groups in total. The van der Waals surface area contributed by atoms with Gasteiger partial charge in [0, 0.05) is 5.02 Å². The first-order valence-electron chi connectivity index (χ1n) is 5.43. The Hall–Kier alpha value is -1.23. The number of benzene rings is 2. The lowest BCUT2D eigenvalue weighted by molar-refractivity contribution is 0.601. The Morgan fingerprint density at radius 1 is 1.00 bits per heavy atom. The fourth-order valence-electron chi connectivity index (χ4n) is 1.52. The molecule has 0 spiro atoms. The van der Waals surface area contributed by atoms with Gasteiger partial charge in [-0.3, -0.25) is 4.72 Å². The molecule has 2 rings (SSSR count). The summed E-state index contributed by atoms with van der Waals surface area (Å²) in [4.78, 5) is 0.133. The molecule has 0 atom stereocenters. The van der Waals surface area contributed by atoms with Crippen LogP contribution in [0.4, 0.5) is 5.69 Å². The second-order valence-electron chi connectivity index (χ2n) is 4.04. The Kier molecular flexibility index (Phi) is 4.04. The van der Waals surface area contributed by atoms with Crippen molar-refractivity contribution in [3.63, 3.8) is 0 Å². The monoisotopic (exact) mass is 315 g/mol. The fraction of sp³-hybridized carbons (Fsp3) is 0.0769. The predicted octanol–water partition coefficient (Wildman–Crippen LogP) is 4.10. The Morgan fingerprint density at radius 2 is 1.63 bits per heavy atom. The average molecular weight is 316 g/mol. The van der Waals surface area contributed by atoms with Gasteiger partial charge >= 0.3 is 0 Å². The van der Waals surface area contributed by atoms with E-state index in [1.165, 1.54) is 24.3 Å². The van der Waals surface area contributed by atoms with E-state index in [1.807, 2.05) is 6.92 Å². The maximum atomic E-state index is 12.1. The highest BCUT2D eigenvalue weighted by molar-refractivity contribution is 7.92. The van der Waals surface area contributed by atoms with Crippen molar-refractivity contribution >= 4 is 38.9 Å². The lowest BCUT2D eigenvalue weighted by Gasteiger charge is -2.10. The zero-order chi connectivity index (χ0) is 14.0. The van der Waals surface area contributed by atoms with Gasteiger partial charge in [-0.05, 0) is 48.9 Å². The summed E-state index contributed by atoms with van der Waals surface area (Å²) in [5.41, 5.74) is 1.31. The average Bonchev–Trinajstić information content (AvgIpc) is 2.33. The van der Waals surface area contributed by atoms with Crippen molar-refractivity contribution in [3.8, 4) is 0 Å². The second kappa shape index (κ2) is 5.41. The van der Waals surface area contributed by atoms with Gasteiger partial charge in [0.2, 0.25) is 0 Å². The molecule has 2 aromatic rings. The quantitative estimate of drug-likeness (QED) is 0.926. The lowest BCUT2D eigenvalue weighted by atomic mass is 10.2. The first-order valence-corrected chi connectivity index (χ1v) is 7.67. The number of aryl methyl sites for hydroxylation is 1. The van der Waals surface area contributed by atoms with Crippen LogP contribution in [-0.2, 0) is 10.0 Å². The van der Waals surface area contributed by atoms with Gasteiger partial charge in [-0.1, -0.05) is 29.3 Å². The molecule has 0 aliphatic rings. The van der Waals surface area contributed by atoms with E-state index in [2.05, 4.69) is 4.72 Å². The summed E-state index contributed by atoms with van der Waals surface area (Å²) >= 11 is 11.7. The van der Waals surface area contributed by atoms with Crippen LogP contribution in [0.15, 0.2) is 47.4 Å². The molecule has 0 saturated carbocycles. The van der Waals surface area contributed by atoms with Crippen LogP contribution in [0.1, 0.15) is 5.56 Å². The lowest BCUT2D eigenvalue weighted by Crippen LogP contribution is -2.13. The highest BCUT2D eigenvalue weighted by Crippen LogP contribution is 2.25. The van der Waals surface area contributed by atoms with E-state index < -0.39 is 10.0 Å². The van der Waals surface area contributed by atoms with Crippen LogP contribution in [0.2, 0.25) is 10.0 Å². The zero-order valence-corrected chi connectivity index (χ0v) is 12.4. The molecule has 0 amide bonds. The summed E-state index contributed by atoms with van der Waals surface area (Å²) in [6.45, 7) is 1.88. The van der Waals surface area contributed by atoms with Crippen LogP contribution in [0.25, 0.3) is 0 Å². The van der Waals surface area contributed by atoms with Crippen molar-refractivity contribution in [2.45, 2.75) is 11.8 Å². The smallest absolute Gasteiger partial charge is 0.261 e. The number of sulfonamides is 1. The van der Waals surface area contributed by atoms with Gasteiger partial charge in [0.15, 0.2) is 0 Å². The topological polar surface area (TPSA) is 46.2 Å². The Labute approximate surface area is 122 Å². The largest absolute Gasteiger partial charge is 0.278 e. The molecule has 6 heteroatoms. The van der Waals surface area contributed by atoms with E-state index in [-0.39, 0.29) is 4.90 Å². The molecule has 0 aromatic heterocycles. The molecule has 0 unspecified atom stereocenters. The molecular weight excluding hydrogens is 305 g/mol. The zero-order valence-electron chi connectivity index (χ0n) is 10.0. The van der Waals surface area contributed by atoms with Crippen LogP contribution in [-0.4, -0.2) is 8.42 Å². The predicted molar refractivity (Wildman–Crippen MR) is 78.4 cm³/mol. The van der Waals surface area contributed by atoms with Crippen molar-refractivity contribution < 1.29 is 8.42 Å². The molecule has 100 valence electrons. The number of halogens is 2. The van der Waals surface area contributed by atoms with Crippen LogP contribution >= 0.6 is 23.2 Å². The van der Waals surface area contributed by atoms with Gasteiger partial charge in [-0.25, -0.2) is 8.42 Å². The maximum Gasteiger partial charge on any atom is 0.261 e. The Morgan fingerprint density at radius 3 is 2.21 bits per heavy atom. The molecule has 3 nitrogen and oxygen atoms in total. The standard InChI is InChI=1S/C13H11Cl2NO2S/c1-9-2-7-13(12(15)8-9)16-19(17,18)11-5-3-10(14)4-6-11/h2-8,16H,1H3. The second-order valence-corrected chi connectivity index (χ2v) is 6.57. The molecule has 0 radical (unpaired) electrons. The number of hydrogen-bond donors (Lipinski definition) is 1. The third-order valence-electron chi connectivity index (χ3n) is 2.49. The molecule has 0 heterocycles. The highest BCUT2D eigenvalue weighted by Gasteiger charge is 2.15. The highest BCUT2D eigenvalue weighted by atomic mass is 35.5. The minimum absolute atomic E-state index is 0.133. The molecular formula is C13H11Cl2NO2S. The summed E-state index contributed by atoms with van der Waals surface area (Å²) in [6, 6.07) is 11.0. The van der Waals surface area contributed by atoms with E-state index in [0.717, 1.165) is 5.56 Å². The van der Waals surface area contributed by atoms with Crippen LogP contribution < -0.4 is 4.72 Å². The van der Waals surface area contributed by atoms with Gasteiger partial charge in [0.25, 0.3) is 10.0 Å². The van der Waals surface area contributed by atoms with Crippen molar-refractivity contribution in [1.29, 1.82) is 0 Å². The summed E-state index contributed by atoms with van der Waals surface area (Å²) in [5, 5.41) is 0.838. The van der Waals surface area contributed by atoms with E-state index in [1.54, 1.807) is 18.2 Å². The van der Waals surface area contributed by atoms with Gasteiger partial charge in [0.1, 0.15) is 0 Å². The van der Waals surface area contributed by atoms with Crippen molar-refractivity contribution in [2.24, 2.45) is 0 Å². The molecule has 0 fully saturated rings. The van der Waals surface area contributed by atoms with E-state index in [9.17, 15) is 8.42 Å². The number of anilines is 1. The molecule has 19 heavy (non-hydrogen) atoms. The van der Waals surface area contributed by atoms with Gasteiger partial charge in [-0.2, -0.15) is 0 Å². The summed E-state index contributed by atoms with van der Waals surface area (Å²) in [7, 11) is -3.66. The van der Waals surface area contributed by atoms with E-state index in [4.69, 9.17) is 23.2 Å². The number of hydrogen-bond acceptors (Lipinski definition) is 2.